The van der Waals surface area contributed by atoms with Crippen LogP contribution in [0.3, 0.4) is 0 Å². The summed E-state index contributed by atoms with van der Waals surface area (Å²) in [4.78, 5) is 9.87. The molecule has 1 rings (SSSR count). The number of alkyl halides is 1. The second-order valence-electron chi connectivity index (χ2n) is 2.95. The fraction of sp³-hybridized carbons (Fsp3) is 1.00. The van der Waals surface area contributed by atoms with Crippen molar-refractivity contribution < 1.29 is 15.1 Å². The van der Waals surface area contributed by atoms with Gasteiger partial charge in [0.05, 0.1) is 0 Å². The molecule has 0 saturated heterocycles. The normalized spacial score (nSPS) is 42.6. The van der Waals surface area contributed by atoms with Crippen molar-refractivity contribution >= 4 is 15.9 Å². The lowest BCUT2D eigenvalue weighted by molar-refractivity contribution is -0.563. The molecule has 1 aliphatic carbocycles. The fourth-order valence-corrected chi connectivity index (χ4v) is 1.83. The van der Waals surface area contributed by atoms with Crippen molar-refractivity contribution in [3.63, 3.8) is 0 Å². The zero-order chi connectivity index (χ0) is 9.35. The van der Waals surface area contributed by atoms with Crippen LogP contribution >= 0.6 is 15.9 Å². The standard InChI is InChI=1S/C6H10BrNO4/c7-6(8(11)12)4(9)2-1-3-5(6)10/h4-5,9-10H,1-3H2. The Morgan fingerprint density at radius 3 is 2.08 bits per heavy atom. The van der Waals surface area contributed by atoms with Crippen LogP contribution in [0.2, 0.25) is 0 Å². The van der Waals surface area contributed by atoms with Gasteiger partial charge >= 0.3 is 4.45 Å². The van der Waals surface area contributed by atoms with Gasteiger partial charge in [0, 0.05) is 20.9 Å². The van der Waals surface area contributed by atoms with Gasteiger partial charge in [0.15, 0.2) is 0 Å². The highest BCUT2D eigenvalue weighted by molar-refractivity contribution is 9.10. The zero-order valence-electron chi connectivity index (χ0n) is 6.31. The molecule has 12 heavy (non-hydrogen) atoms. The Morgan fingerprint density at radius 1 is 1.42 bits per heavy atom. The fourth-order valence-electron chi connectivity index (χ4n) is 1.37. The molecule has 6 heteroatoms. The van der Waals surface area contributed by atoms with Crippen LogP contribution < -0.4 is 0 Å². The summed E-state index contributed by atoms with van der Waals surface area (Å²) in [5.74, 6) is 0. The Bertz CT molecular complexity index is 188. The molecule has 2 atom stereocenters. The summed E-state index contributed by atoms with van der Waals surface area (Å²) >= 11 is 2.79. The summed E-state index contributed by atoms with van der Waals surface area (Å²) in [6.07, 6.45) is -0.914. The number of aliphatic hydroxyl groups excluding tert-OH is 2. The van der Waals surface area contributed by atoms with Crippen LogP contribution in [0.25, 0.3) is 0 Å². The minimum atomic E-state index is -1.76. The van der Waals surface area contributed by atoms with Crippen LogP contribution in [0.15, 0.2) is 0 Å². The van der Waals surface area contributed by atoms with Crippen molar-refractivity contribution in [2.24, 2.45) is 0 Å². The molecule has 0 radical (unpaired) electrons. The number of rotatable bonds is 1. The largest absolute Gasteiger partial charge is 0.384 e. The molecular weight excluding hydrogens is 230 g/mol. The third-order valence-corrected chi connectivity index (χ3v) is 3.52. The molecule has 0 aliphatic heterocycles. The smallest absolute Gasteiger partial charge is 0.324 e. The lowest BCUT2D eigenvalue weighted by Crippen LogP contribution is -2.55. The molecule has 0 amide bonds. The van der Waals surface area contributed by atoms with Crippen molar-refractivity contribution in [2.45, 2.75) is 35.9 Å². The zero-order valence-corrected chi connectivity index (χ0v) is 7.90. The molecule has 70 valence electrons. The molecule has 5 nitrogen and oxygen atoms in total. The van der Waals surface area contributed by atoms with E-state index in [0.29, 0.717) is 19.3 Å². The van der Waals surface area contributed by atoms with E-state index in [1.165, 1.54) is 0 Å². The second kappa shape index (κ2) is 3.27. The molecule has 1 saturated carbocycles. The van der Waals surface area contributed by atoms with Crippen molar-refractivity contribution in [1.82, 2.24) is 0 Å². The van der Waals surface area contributed by atoms with Crippen LogP contribution in [-0.4, -0.2) is 31.8 Å². The molecular formula is C6H10BrNO4. The Labute approximate surface area is 77.7 Å². The van der Waals surface area contributed by atoms with E-state index in [1.54, 1.807) is 0 Å². The van der Waals surface area contributed by atoms with Crippen LogP contribution in [0.5, 0.6) is 0 Å². The van der Waals surface area contributed by atoms with Gasteiger partial charge in [-0.3, -0.25) is 10.1 Å². The van der Waals surface area contributed by atoms with Crippen LogP contribution in [-0.2, 0) is 0 Å². The third-order valence-electron chi connectivity index (χ3n) is 2.17. The van der Waals surface area contributed by atoms with E-state index in [1.807, 2.05) is 0 Å². The lowest BCUT2D eigenvalue weighted by Gasteiger charge is -2.32. The van der Waals surface area contributed by atoms with Gasteiger partial charge in [-0.15, -0.1) is 0 Å². The van der Waals surface area contributed by atoms with Crippen molar-refractivity contribution in [1.29, 1.82) is 0 Å². The first-order valence-corrected chi connectivity index (χ1v) is 4.48. The second-order valence-corrected chi connectivity index (χ2v) is 4.22. The summed E-state index contributed by atoms with van der Waals surface area (Å²) < 4.78 is -1.76. The Morgan fingerprint density at radius 2 is 1.83 bits per heavy atom. The monoisotopic (exact) mass is 239 g/mol. The highest BCUT2D eigenvalue weighted by Crippen LogP contribution is 2.36. The van der Waals surface area contributed by atoms with E-state index < -0.39 is 21.6 Å². The highest BCUT2D eigenvalue weighted by atomic mass is 79.9. The van der Waals surface area contributed by atoms with E-state index >= 15 is 0 Å². The van der Waals surface area contributed by atoms with E-state index in [9.17, 15) is 20.3 Å². The van der Waals surface area contributed by atoms with Crippen molar-refractivity contribution in [3.8, 4) is 0 Å². The maximum Gasteiger partial charge on any atom is 0.324 e. The average molecular weight is 240 g/mol. The summed E-state index contributed by atoms with van der Waals surface area (Å²) in [6.45, 7) is 0. The lowest BCUT2D eigenvalue weighted by atomic mass is 9.90. The van der Waals surface area contributed by atoms with Crippen LogP contribution in [0.1, 0.15) is 19.3 Å². The molecule has 0 aromatic rings. The van der Waals surface area contributed by atoms with E-state index in [4.69, 9.17) is 0 Å². The molecule has 0 bridgehead atoms. The van der Waals surface area contributed by atoms with E-state index in [2.05, 4.69) is 15.9 Å². The maximum atomic E-state index is 10.5. The van der Waals surface area contributed by atoms with E-state index in [-0.39, 0.29) is 0 Å². The number of halogens is 1. The summed E-state index contributed by atoms with van der Waals surface area (Å²) in [5, 5.41) is 29.2. The molecule has 0 spiro atoms. The van der Waals surface area contributed by atoms with Gasteiger partial charge in [-0.1, -0.05) is 0 Å². The number of nitro groups is 1. The van der Waals surface area contributed by atoms with Gasteiger partial charge in [-0.2, -0.15) is 0 Å². The van der Waals surface area contributed by atoms with Gasteiger partial charge in [0.1, 0.15) is 12.2 Å². The number of hydrogen-bond donors (Lipinski definition) is 2. The summed E-state index contributed by atoms with van der Waals surface area (Å²) in [7, 11) is 0. The summed E-state index contributed by atoms with van der Waals surface area (Å²) in [6, 6.07) is 0. The van der Waals surface area contributed by atoms with Crippen LogP contribution in [0.4, 0.5) is 0 Å². The number of aliphatic hydroxyl groups is 2. The highest BCUT2D eigenvalue weighted by Gasteiger charge is 2.55. The molecule has 2 N–H and O–H groups in total. The SMILES string of the molecule is O=[N+]([O-])C1(Br)C(O)CCCC1O. The Balaban J connectivity index is 2.87. The Hall–Kier alpha value is -0.200. The molecule has 0 aromatic heterocycles. The van der Waals surface area contributed by atoms with Gasteiger partial charge in [-0.05, 0) is 19.3 Å². The maximum absolute atomic E-state index is 10.5. The molecule has 0 aromatic carbocycles. The quantitative estimate of drug-likeness (QED) is 0.298. The molecule has 1 fully saturated rings. The van der Waals surface area contributed by atoms with Gasteiger partial charge < -0.3 is 10.2 Å². The van der Waals surface area contributed by atoms with Crippen LogP contribution in [0, 0.1) is 10.1 Å². The van der Waals surface area contributed by atoms with Crippen molar-refractivity contribution in [2.75, 3.05) is 0 Å². The first-order chi connectivity index (χ1) is 5.49. The Kier molecular flexibility index (Phi) is 2.70. The van der Waals surface area contributed by atoms with Gasteiger partial charge in [-0.25, -0.2) is 0 Å². The molecule has 0 heterocycles. The molecule has 2 unspecified atom stereocenters. The van der Waals surface area contributed by atoms with E-state index in [0.717, 1.165) is 0 Å². The summed E-state index contributed by atoms with van der Waals surface area (Å²) in [5.41, 5.74) is 0. The van der Waals surface area contributed by atoms with Gasteiger partial charge in [0.25, 0.3) is 0 Å². The first-order valence-electron chi connectivity index (χ1n) is 3.69. The van der Waals surface area contributed by atoms with Crippen molar-refractivity contribution in [3.05, 3.63) is 10.1 Å². The predicted molar refractivity (Wildman–Crippen MR) is 44.5 cm³/mol. The molecule has 1 aliphatic rings. The topological polar surface area (TPSA) is 83.6 Å². The minimum Gasteiger partial charge on any atom is -0.384 e. The average Bonchev–Trinajstić information content (AvgIpc) is 1.99. The van der Waals surface area contributed by atoms with Gasteiger partial charge in [0.2, 0.25) is 0 Å². The number of nitrogens with zero attached hydrogens (tertiary/aromatic N) is 1. The number of hydrogen-bond acceptors (Lipinski definition) is 4. The first kappa shape index (κ1) is 9.88. The predicted octanol–water partition coefficient (Wildman–Crippen LogP) is 0.260. The minimum absolute atomic E-state index is 0.350. The third kappa shape index (κ3) is 1.34.